The van der Waals surface area contributed by atoms with Gasteiger partial charge in [0.15, 0.2) is 0 Å². The Hall–Kier alpha value is -4.90. The summed E-state index contributed by atoms with van der Waals surface area (Å²) >= 11 is 0. The van der Waals surface area contributed by atoms with Gasteiger partial charge in [-0.3, -0.25) is 0 Å². The zero-order chi connectivity index (χ0) is 34.8. The fourth-order valence-electron chi connectivity index (χ4n) is 6.92. The summed E-state index contributed by atoms with van der Waals surface area (Å²) in [5, 5.41) is 24.9. The predicted octanol–water partition coefficient (Wildman–Crippen LogP) is 12.1. The molecule has 0 amide bonds. The van der Waals surface area contributed by atoms with E-state index in [9.17, 15) is 5.11 Å². The molecular weight excluding hydrogens is 601 g/mol. The molecule has 0 heterocycles. The van der Waals surface area contributed by atoms with Crippen LogP contribution in [0.5, 0.6) is 5.75 Å². The van der Waals surface area contributed by atoms with Gasteiger partial charge in [-0.05, 0) is 138 Å². The quantitative estimate of drug-likeness (QED) is 0.0928. The lowest BCUT2D eigenvalue weighted by Gasteiger charge is -2.23. The van der Waals surface area contributed by atoms with Crippen LogP contribution < -0.4 is 21.3 Å². The molecule has 1 fully saturated rings. The largest absolute Gasteiger partial charge is 0.507 e. The molecule has 5 N–H and O–H groups in total. The first kappa shape index (κ1) is 34.0. The van der Waals surface area contributed by atoms with Crippen LogP contribution in [0.2, 0.25) is 0 Å². The van der Waals surface area contributed by atoms with Gasteiger partial charge in [-0.1, -0.05) is 71.4 Å². The summed E-state index contributed by atoms with van der Waals surface area (Å²) < 4.78 is 0. The van der Waals surface area contributed by atoms with Gasteiger partial charge in [-0.15, -0.1) is 0 Å². The Labute approximate surface area is 293 Å². The van der Waals surface area contributed by atoms with Crippen LogP contribution in [0.15, 0.2) is 109 Å². The minimum absolute atomic E-state index is 0.116. The number of phenolic OH excluding ortho intramolecular Hbond substituents is 1. The van der Waals surface area contributed by atoms with Crippen LogP contribution in [0.1, 0.15) is 70.2 Å². The Balaban J connectivity index is 0.970. The summed E-state index contributed by atoms with van der Waals surface area (Å²) in [6.07, 6.45) is 2.51. The molecule has 49 heavy (non-hydrogen) atoms. The number of aryl methyl sites for hydroxylation is 1. The topological polar surface area (TPSA) is 68.3 Å². The molecule has 1 saturated carbocycles. The molecule has 5 nitrogen and oxygen atoms in total. The van der Waals surface area contributed by atoms with E-state index in [1.807, 2.05) is 0 Å². The van der Waals surface area contributed by atoms with Crippen molar-refractivity contribution in [3.8, 4) is 5.75 Å². The second kappa shape index (κ2) is 13.9. The van der Waals surface area contributed by atoms with Crippen LogP contribution in [-0.4, -0.2) is 5.11 Å². The maximum absolute atomic E-state index is 10.9. The summed E-state index contributed by atoms with van der Waals surface area (Å²) in [5.74, 6) is 1.97. The molecule has 1 aliphatic rings. The van der Waals surface area contributed by atoms with Gasteiger partial charge in [0.1, 0.15) is 5.75 Å². The van der Waals surface area contributed by atoms with Crippen molar-refractivity contribution in [3.63, 3.8) is 0 Å². The van der Waals surface area contributed by atoms with Crippen molar-refractivity contribution in [1.82, 2.24) is 0 Å². The SMILES string of the molecule is Cc1cc(CNc2ccc(Nc3ccc(Nc4ccc(Nc5ccc(CC(C)C6CC6(C)C)cc5)cc4)cc3)cc2)c(O)c(C(C)(C)C)c1. The number of anilines is 7. The zero-order valence-electron chi connectivity index (χ0n) is 30.1. The Morgan fingerprint density at radius 3 is 1.45 bits per heavy atom. The molecule has 0 aliphatic heterocycles. The Morgan fingerprint density at radius 2 is 1.06 bits per heavy atom. The Morgan fingerprint density at radius 1 is 0.673 bits per heavy atom. The second-order valence-electron chi connectivity index (χ2n) is 15.7. The van der Waals surface area contributed by atoms with Crippen LogP contribution in [0, 0.1) is 24.2 Å². The van der Waals surface area contributed by atoms with E-state index in [4.69, 9.17) is 0 Å². The molecule has 0 radical (unpaired) electrons. The molecule has 2 atom stereocenters. The fourth-order valence-corrected chi connectivity index (χ4v) is 6.92. The highest BCUT2D eigenvalue weighted by molar-refractivity contribution is 5.69. The van der Waals surface area contributed by atoms with Crippen molar-refractivity contribution < 1.29 is 5.11 Å². The highest BCUT2D eigenvalue weighted by Gasteiger charge is 2.48. The van der Waals surface area contributed by atoms with E-state index in [0.29, 0.717) is 17.7 Å². The molecular formula is C44H52N4O. The van der Waals surface area contributed by atoms with Crippen molar-refractivity contribution in [2.45, 2.75) is 73.3 Å². The first-order valence-electron chi connectivity index (χ1n) is 17.6. The van der Waals surface area contributed by atoms with Gasteiger partial charge in [-0.2, -0.15) is 0 Å². The molecule has 0 aromatic heterocycles. The molecule has 5 heteroatoms. The Kier molecular flexibility index (Phi) is 9.65. The van der Waals surface area contributed by atoms with Gasteiger partial charge in [0, 0.05) is 51.9 Å². The van der Waals surface area contributed by atoms with Crippen LogP contribution in [0.25, 0.3) is 0 Å². The number of hydrogen-bond acceptors (Lipinski definition) is 5. The normalized spacial score (nSPS) is 15.7. The molecule has 6 rings (SSSR count). The first-order chi connectivity index (χ1) is 23.3. The van der Waals surface area contributed by atoms with Crippen molar-refractivity contribution >= 4 is 39.8 Å². The van der Waals surface area contributed by atoms with E-state index in [-0.39, 0.29) is 5.41 Å². The number of benzene rings is 5. The number of nitrogens with one attached hydrogen (secondary N) is 4. The predicted molar refractivity (Wildman–Crippen MR) is 209 cm³/mol. The zero-order valence-corrected chi connectivity index (χ0v) is 30.1. The van der Waals surface area contributed by atoms with Gasteiger partial charge in [0.05, 0.1) is 0 Å². The highest BCUT2D eigenvalue weighted by Crippen LogP contribution is 2.56. The minimum Gasteiger partial charge on any atom is -0.507 e. The van der Waals surface area contributed by atoms with Crippen molar-refractivity contribution in [1.29, 1.82) is 0 Å². The molecule has 2 unspecified atom stereocenters. The molecule has 0 spiro atoms. The van der Waals surface area contributed by atoms with Gasteiger partial charge in [-0.25, -0.2) is 0 Å². The average molecular weight is 653 g/mol. The summed E-state index contributed by atoms with van der Waals surface area (Å²) in [7, 11) is 0. The summed E-state index contributed by atoms with van der Waals surface area (Å²) in [4.78, 5) is 0. The summed E-state index contributed by atoms with van der Waals surface area (Å²) in [6, 6.07) is 38.0. The van der Waals surface area contributed by atoms with Crippen LogP contribution in [-0.2, 0) is 18.4 Å². The summed E-state index contributed by atoms with van der Waals surface area (Å²) in [5.41, 5.74) is 12.1. The maximum Gasteiger partial charge on any atom is 0.124 e. The Bertz CT molecular complexity index is 1850. The third-order valence-corrected chi connectivity index (χ3v) is 9.93. The summed E-state index contributed by atoms with van der Waals surface area (Å²) in [6.45, 7) is 16.2. The van der Waals surface area contributed by atoms with Crippen molar-refractivity contribution in [3.05, 3.63) is 131 Å². The molecule has 254 valence electrons. The van der Waals surface area contributed by atoms with Gasteiger partial charge in [0.2, 0.25) is 0 Å². The molecule has 1 aliphatic carbocycles. The molecule has 5 aromatic rings. The van der Waals surface area contributed by atoms with Crippen LogP contribution >= 0.6 is 0 Å². The van der Waals surface area contributed by atoms with E-state index >= 15 is 0 Å². The van der Waals surface area contributed by atoms with E-state index < -0.39 is 0 Å². The van der Waals surface area contributed by atoms with E-state index in [2.05, 4.69) is 179 Å². The van der Waals surface area contributed by atoms with Crippen molar-refractivity contribution in [2.24, 2.45) is 17.3 Å². The maximum atomic E-state index is 10.9. The molecule has 0 saturated heterocycles. The standard InChI is InChI=1S/C44H52N4O/c1-29-24-32(42(49)40(25-29)43(3,4)5)28-45-33-12-14-35(15-13-33)47-37-20-22-39(23-21-37)48-38-18-16-36(17-19-38)46-34-10-8-31(9-11-34)26-30(2)41-27-44(41,6)7/h8-25,30,41,45-49H,26-28H2,1-7H3. The minimum atomic E-state index is -0.116. The van der Waals surface area contributed by atoms with E-state index in [1.54, 1.807) is 0 Å². The average Bonchev–Trinajstić information content (AvgIpc) is 3.72. The van der Waals surface area contributed by atoms with Gasteiger partial charge >= 0.3 is 0 Å². The number of phenols is 1. The van der Waals surface area contributed by atoms with Gasteiger partial charge < -0.3 is 26.4 Å². The highest BCUT2D eigenvalue weighted by atomic mass is 16.3. The molecule has 0 bridgehead atoms. The number of aromatic hydroxyl groups is 1. The second-order valence-corrected chi connectivity index (χ2v) is 15.7. The first-order valence-corrected chi connectivity index (χ1v) is 17.6. The monoisotopic (exact) mass is 652 g/mol. The third kappa shape index (κ3) is 8.77. The lowest BCUT2D eigenvalue weighted by molar-refractivity contribution is 0.420. The third-order valence-electron chi connectivity index (χ3n) is 9.93. The molecule has 5 aromatic carbocycles. The van der Waals surface area contributed by atoms with Gasteiger partial charge in [0.25, 0.3) is 0 Å². The number of hydrogen-bond donors (Lipinski definition) is 5. The van der Waals surface area contributed by atoms with E-state index in [1.165, 1.54) is 12.0 Å². The van der Waals surface area contributed by atoms with Crippen molar-refractivity contribution in [2.75, 3.05) is 21.3 Å². The smallest absolute Gasteiger partial charge is 0.124 e. The lowest BCUT2D eigenvalue weighted by Crippen LogP contribution is -2.13. The lowest BCUT2D eigenvalue weighted by atomic mass is 9.84. The van der Waals surface area contributed by atoms with Crippen LogP contribution in [0.4, 0.5) is 39.8 Å². The number of rotatable bonds is 12. The van der Waals surface area contributed by atoms with E-state index in [0.717, 1.165) is 74.8 Å². The fraction of sp³-hybridized carbons (Fsp3) is 0.318. The van der Waals surface area contributed by atoms with Crippen LogP contribution in [0.3, 0.4) is 0 Å².